The van der Waals surface area contributed by atoms with E-state index in [-0.39, 0.29) is 0 Å². The maximum atomic E-state index is 9.79. The van der Waals surface area contributed by atoms with Gasteiger partial charge in [0.1, 0.15) is 6.10 Å². The number of aliphatic hydroxyl groups is 1. The molecular formula is C26H54O3. The minimum atomic E-state index is -0.474. The first-order valence-corrected chi connectivity index (χ1v) is 13.1. The number of aliphatic hydroxyl groups excluding tert-OH is 1. The predicted octanol–water partition coefficient (Wildman–Crippen LogP) is 7.83. The number of hydrogen-bond donors (Lipinski definition) is 1. The van der Waals surface area contributed by atoms with E-state index in [9.17, 15) is 5.11 Å². The minimum absolute atomic E-state index is 0.405. The smallest absolute Gasteiger partial charge is 0.101 e. The standard InChI is InChI=1S/C26H54O3/c1-3-5-7-8-9-10-11-12-13-14-15-16-17-18-19-21-23-29-25-26(27)24-28-22-20-6-4-2/h26-27H,3-25H2,1-2H3/t26-/m1/s1. The van der Waals surface area contributed by atoms with Crippen molar-refractivity contribution in [2.24, 2.45) is 0 Å². The Balaban J connectivity index is 3.08. The zero-order chi connectivity index (χ0) is 21.3. The number of unbranched alkanes of at least 4 members (excludes halogenated alkanes) is 17. The van der Waals surface area contributed by atoms with E-state index >= 15 is 0 Å². The van der Waals surface area contributed by atoms with Crippen LogP contribution in [-0.2, 0) is 9.47 Å². The molecule has 0 aliphatic heterocycles. The highest BCUT2D eigenvalue weighted by molar-refractivity contribution is 4.53. The molecule has 0 aromatic heterocycles. The molecule has 0 bridgehead atoms. The van der Waals surface area contributed by atoms with Crippen LogP contribution in [0.15, 0.2) is 0 Å². The molecule has 0 aromatic rings. The summed E-state index contributed by atoms with van der Waals surface area (Å²) in [4.78, 5) is 0. The summed E-state index contributed by atoms with van der Waals surface area (Å²) in [5, 5.41) is 9.79. The van der Waals surface area contributed by atoms with Gasteiger partial charge in [-0.15, -0.1) is 0 Å². The van der Waals surface area contributed by atoms with Crippen LogP contribution >= 0.6 is 0 Å². The molecule has 0 aliphatic carbocycles. The Bertz CT molecular complexity index is 283. The summed E-state index contributed by atoms with van der Waals surface area (Å²) < 4.78 is 11.0. The topological polar surface area (TPSA) is 38.7 Å². The fourth-order valence-electron chi connectivity index (χ4n) is 3.69. The van der Waals surface area contributed by atoms with E-state index in [2.05, 4.69) is 13.8 Å². The van der Waals surface area contributed by atoms with Gasteiger partial charge in [0, 0.05) is 13.2 Å². The van der Waals surface area contributed by atoms with Crippen molar-refractivity contribution < 1.29 is 14.6 Å². The molecule has 0 saturated heterocycles. The van der Waals surface area contributed by atoms with E-state index in [0.717, 1.165) is 26.1 Å². The molecule has 0 rings (SSSR count). The Hall–Kier alpha value is -0.120. The largest absolute Gasteiger partial charge is 0.388 e. The third-order valence-electron chi connectivity index (χ3n) is 5.65. The maximum absolute atomic E-state index is 9.79. The molecule has 0 amide bonds. The van der Waals surface area contributed by atoms with Gasteiger partial charge in [-0.25, -0.2) is 0 Å². The zero-order valence-electron chi connectivity index (χ0n) is 20.1. The Morgan fingerprint density at radius 2 is 0.724 bits per heavy atom. The Kier molecular flexibility index (Phi) is 25.8. The third kappa shape index (κ3) is 25.8. The summed E-state index contributed by atoms with van der Waals surface area (Å²) in [6.45, 7) is 6.81. The molecule has 0 unspecified atom stereocenters. The Labute approximate surface area is 183 Å². The Morgan fingerprint density at radius 3 is 1.10 bits per heavy atom. The molecule has 3 heteroatoms. The van der Waals surface area contributed by atoms with E-state index in [1.165, 1.54) is 109 Å². The molecule has 1 N–H and O–H groups in total. The van der Waals surface area contributed by atoms with E-state index < -0.39 is 6.10 Å². The lowest BCUT2D eigenvalue weighted by Crippen LogP contribution is -2.22. The second-order valence-corrected chi connectivity index (χ2v) is 8.81. The minimum Gasteiger partial charge on any atom is -0.388 e. The number of rotatable bonds is 25. The van der Waals surface area contributed by atoms with E-state index in [1.54, 1.807) is 0 Å². The van der Waals surface area contributed by atoms with Crippen molar-refractivity contribution in [2.75, 3.05) is 26.4 Å². The monoisotopic (exact) mass is 414 g/mol. The summed E-state index contributed by atoms with van der Waals surface area (Å²) in [6.07, 6.45) is 25.2. The molecule has 176 valence electrons. The zero-order valence-corrected chi connectivity index (χ0v) is 20.1. The summed E-state index contributed by atoms with van der Waals surface area (Å²) in [6, 6.07) is 0. The first-order chi connectivity index (χ1) is 14.3. The molecule has 0 heterocycles. The van der Waals surface area contributed by atoms with Gasteiger partial charge < -0.3 is 14.6 Å². The SMILES string of the molecule is CCCCCCCCCCCCCCCCCCOC[C@H](O)COCCCCC. The second kappa shape index (κ2) is 25.9. The van der Waals surface area contributed by atoms with Crippen LogP contribution in [0.5, 0.6) is 0 Å². The quantitative estimate of drug-likeness (QED) is 0.155. The third-order valence-corrected chi connectivity index (χ3v) is 5.65. The average molecular weight is 415 g/mol. The van der Waals surface area contributed by atoms with Gasteiger partial charge in [-0.3, -0.25) is 0 Å². The van der Waals surface area contributed by atoms with Crippen molar-refractivity contribution in [1.29, 1.82) is 0 Å². The summed E-state index contributed by atoms with van der Waals surface area (Å²) >= 11 is 0. The van der Waals surface area contributed by atoms with Crippen LogP contribution in [0.1, 0.15) is 136 Å². The first-order valence-electron chi connectivity index (χ1n) is 13.1. The molecule has 0 radical (unpaired) electrons. The normalized spacial score (nSPS) is 12.5. The highest BCUT2D eigenvalue weighted by Gasteiger charge is 2.04. The van der Waals surface area contributed by atoms with Gasteiger partial charge in [-0.1, -0.05) is 123 Å². The summed E-state index contributed by atoms with van der Waals surface area (Å²) in [5.74, 6) is 0. The molecule has 0 aromatic carbocycles. The predicted molar refractivity (Wildman–Crippen MR) is 127 cm³/mol. The number of ether oxygens (including phenoxy) is 2. The lowest BCUT2D eigenvalue weighted by molar-refractivity contribution is -0.0200. The van der Waals surface area contributed by atoms with E-state index in [4.69, 9.17) is 9.47 Å². The molecule has 0 aliphatic rings. The highest BCUT2D eigenvalue weighted by atomic mass is 16.5. The van der Waals surface area contributed by atoms with Crippen LogP contribution in [-0.4, -0.2) is 37.6 Å². The summed E-state index contributed by atoms with van der Waals surface area (Å²) in [5.41, 5.74) is 0. The molecule has 1 atom stereocenters. The van der Waals surface area contributed by atoms with Crippen LogP contribution in [0, 0.1) is 0 Å². The summed E-state index contributed by atoms with van der Waals surface area (Å²) in [7, 11) is 0. The lowest BCUT2D eigenvalue weighted by Gasteiger charge is -2.11. The molecule has 0 fully saturated rings. The van der Waals surface area contributed by atoms with Gasteiger partial charge in [0.15, 0.2) is 0 Å². The van der Waals surface area contributed by atoms with Crippen LogP contribution in [0.3, 0.4) is 0 Å². The van der Waals surface area contributed by atoms with Gasteiger partial charge in [-0.2, -0.15) is 0 Å². The van der Waals surface area contributed by atoms with Crippen molar-refractivity contribution >= 4 is 0 Å². The van der Waals surface area contributed by atoms with Crippen molar-refractivity contribution in [3.8, 4) is 0 Å². The van der Waals surface area contributed by atoms with Gasteiger partial charge in [-0.05, 0) is 12.8 Å². The number of hydrogen-bond acceptors (Lipinski definition) is 3. The molecule has 3 nitrogen and oxygen atoms in total. The van der Waals surface area contributed by atoms with Crippen LogP contribution in [0.4, 0.5) is 0 Å². The van der Waals surface area contributed by atoms with Crippen molar-refractivity contribution in [3.63, 3.8) is 0 Å². The van der Waals surface area contributed by atoms with Gasteiger partial charge >= 0.3 is 0 Å². The van der Waals surface area contributed by atoms with Gasteiger partial charge in [0.25, 0.3) is 0 Å². The van der Waals surface area contributed by atoms with Gasteiger partial charge in [0.2, 0.25) is 0 Å². The maximum Gasteiger partial charge on any atom is 0.101 e. The fourth-order valence-corrected chi connectivity index (χ4v) is 3.69. The highest BCUT2D eigenvalue weighted by Crippen LogP contribution is 2.13. The second-order valence-electron chi connectivity index (χ2n) is 8.81. The lowest BCUT2D eigenvalue weighted by atomic mass is 10.0. The van der Waals surface area contributed by atoms with Crippen LogP contribution < -0.4 is 0 Å². The Morgan fingerprint density at radius 1 is 0.448 bits per heavy atom. The molecular weight excluding hydrogens is 360 g/mol. The van der Waals surface area contributed by atoms with E-state index in [1.807, 2.05) is 0 Å². The fraction of sp³-hybridized carbons (Fsp3) is 1.00. The van der Waals surface area contributed by atoms with Crippen LogP contribution in [0.2, 0.25) is 0 Å². The molecule has 29 heavy (non-hydrogen) atoms. The van der Waals surface area contributed by atoms with Crippen LogP contribution in [0.25, 0.3) is 0 Å². The first kappa shape index (κ1) is 28.9. The van der Waals surface area contributed by atoms with Gasteiger partial charge in [0.05, 0.1) is 13.2 Å². The molecule has 0 spiro atoms. The van der Waals surface area contributed by atoms with E-state index in [0.29, 0.717) is 13.2 Å². The van der Waals surface area contributed by atoms with Crippen molar-refractivity contribution in [3.05, 3.63) is 0 Å². The molecule has 0 saturated carbocycles. The average Bonchev–Trinajstić information content (AvgIpc) is 2.72. The van der Waals surface area contributed by atoms with Crippen molar-refractivity contribution in [1.82, 2.24) is 0 Å². The van der Waals surface area contributed by atoms with Crippen molar-refractivity contribution in [2.45, 2.75) is 142 Å².